The molecule has 0 bridgehead atoms. The number of nitrogens with one attached hydrogen (secondary N) is 1. The Morgan fingerprint density at radius 3 is 2.02 bits per heavy atom. The lowest BCUT2D eigenvalue weighted by molar-refractivity contribution is -0.174. The van der Waals surface area contributed by atoms with Gasteiger partial charge >= 0.3 is 7.82 Å². The number of hydrogen-bond acceptors (Lipinski definition) is 10. The van der Waals surface area contributed by atoms with Crippen molar-refractivity contribution >= 4 is 13.7 Å². The number of phosphoric acid groups is 1. The van der Waals surface area contributed by atoms with Crippen molar-refractivity contribution in [2.45, 2.75) is 84.6 Å². The van der Waals surface area contributed by atoms with E-state index in [4.69, 9.17) is 22.8 Å². The van der Waals surface area contributed by atoms with Crippen LogP contribution in [0, 0.1) is 0 Å². The molecule has 0 fully saturated rings. The van der Waals surface area contributed by atoms with E-state index in [1.807, 2.05) is 54.6 Å². The van der Waals surface area contributed by atoms with Crippen molar-refractivity contribution in [3.8, 4) is 11.1 Å². The van der Waals surface area contributed by atoms with Crippen LogP contribution in [0.4, 0.5) is 0 Å². The molecule has 0 aliphatic rings. The van der Waals surface area contributed by atoms with Gasteiger partial charge in [-0.2, -0.15) is 0 Å². The van der Waals surface area contributed by atoms with Crippen molar-refractivity contribution in [2.24, 2.45) is 0 Å². The SMILES string of the molecule is CC(C)(C)OP(=O)(OCc1cc(C(O)C(C)(OCc2ccc(-c3ccccc3)cc2)C(=O)NO)no1)OC(C)(C)C. The average Bonchev–Trinajstić information content (AvgIpc) is 3.37. The maximum atomic E-state index is 13.3. The van der Waals surface area contributed by atoms with Crippen molar-refractivity contribution in [3.05, 3.63) is 77.7 Å². The molecule has 12 heteroatoms. The van der Waals surface area contributed by atoms with Crippen molar-refractivity contribution in [2.75, 3.05) is 0 Å². The van der Waals surface area contributed by atoms with Crippen molar-refractivity contribution in [1.82, 2.24) is 10.6 Å². The Morgan fingerprint density at radius 2 is 1.49 bits per heavy atom. The number of phosphoric ester groups is 1. The van der Waals surface area contributed by atoms with Crippen LogP contribution in [0.2, 0.25) is 0 Å². The van der Waals surface area contributed by atoms with Crippen LogP contribution in [0.5, 0.6) is 0 Å². The molecule has 11 nitrogen and oxygen atoms in total. The van der Waals surface area contributed by atoms with Gasteiger partial charge in [0.1, 0.15) is 18.4 Å². The number of hydrogen-bond donors (Lipinski definition) is 3. The second-order valence-corrected chi connectivity index (χ2v) is 13.2. The molecule has 0 aliphatic carbocycles. The highest BCUT2D eigenvalue weighted by atomic mass is 31.2. The van der Waals surface area contributed by atoms with E-state index in [0.29, 0.717) is 0 Å². The van der Waals surface area contributed by atoms with Gasteiger partial charge < -0.3 is 14.4 Å². The Balaban J connectivity index is 1.72. The predicted molar refractivity (Wildman–Crippen MR) is 151 cm³/mol. The van der Waals surface area contributed by atoms with E-state index < -0.39 is 36.6 Å². The summed E-state index contributed by atoms with van der Waals surface area (Å²) in [6.07, 6.45) is -1.65. The molecule has 0 radical (unpaired) electrons. The molecule has 3 N–H and O–H groups in total. The van der Waals surface area contributed by atoms with Gasteiger partial charge in [0, 0.05) is 6.07 Å². The molecule has 224 valence electrons. The number of hydroxylamine groups is 1. The Hall–Kier alpha value is -2.89. The van der Waals surface area contributed by atoms with E-state index in [-0.39, 0.29) is 24.7 Å². The van der Waals surface area contributed by atoms with E-state index in [1.165, 1.54) is 13.0 Å². The van der Waals surface area contributed by atoms with E-state index in [1.54, 1.807) is 47.0 Å². The molecule has 0 saturated heterocycles. The summed E-state index contributed by atoms with van der Waals surface area (Å²) in [6, 6.07) is 18.7. The van der Waals surface area contributed by atoms with Crippen LogP contribution in [0.1, 0.15) is 71.6 Å². The van der Waals surface area contributed by atoms with Crippen LogP contribution in [0.15, 0.2) is 65.2 Å². The molecule has 1 heterocycles. The normalized spacial score (nSPS) is 14.9. The smallest absolute Gasteiger partial charge is 0.383 e. The number of carbonyl (C=O) groups excluding carboxylic acids is 1. The molecular formula is C29H39N2O9P. The zero-order valence-corrected chi connectivity index (χ0v) is 25.3. The first-order valence-electron chi connectivity index (χ1n) is 13.1. The first-order valence-corrected chi connectivity index (χ1v) is 14.5. The fourth-order valence-electron chi connectivity index (χ4n) is 3.73. The largest absolute Gasteiger partial charge is 0.476 e. The number of nitrogens with zero attached hydrogens (tertiary/aromatic N) is 1. The van der Waals surface area contributed by atoms with E-state index in [2.05, 4.69) is 5.16 Å². The minimum Gasteiger partial charge on any atom is -0.383 e. The lowest BCUT2D eigenvalue weighted by Gasteiger charge is -2.31. The van der Waals surface area contributed by atoms with E-state index in [0.717, 1.165) is 16.7 Å². The van der Waals surface area contributed by atoms with Gasteiger partial charge in [0.05, 0.1) is 17.8 Å². The van der Waals surface area contributed by atoms with Crippen LogP contribution in [0.3, 0.4) is 0 Å². The summed E-state index contributed by atoms with van der Waals surface area (Å²) in [5, 5.41) is 24.3. The highest BCUT2D eigenvalue weighted by Crippen LogP contribution is 2.56. The number of benzene rings is 2. The van der Waals surface area contributed by atoms with Crippen LogP contribution in [-0.2, 0) is 40.9 Å². The number of carbonyl (C=O) groups is 1. The fraction of sp³-hybridized carbons (Fsp3) is 0.448. The minimum atomic E-state index is -4.04. The lowest BCUT2D eigenvalue weighted by atomic mass is 9.95. The third-order valence-electron chi connectivity index (χ3n) is 5.67. The Morgan fingerprint density at radius 1 is 0.927 bits per heavy atom. The molecule has 1 amide bonds. The number of amides is 1. The van der Waals surface area contributed by atoms with Gasteiger partial charge in [-0.25, -0.2) is 10.0 Å². The fourth-order valence-corrected chi connectivity index (χ4v) is 5.50. The van der Waals surface area contributed by atoms with Gasteiger partial charge in [0.2, 0.25) is 0 Å². The summed E-state index contributed by atoms with van der Waals surface area (Å²) in [5.41, 5.74) is 0.644. The van der Waals surface area contributed by atoms with Crippen molar-refractivity contribution in [3.63, 3.8) is 0 Å². The molecule has 2 unspecified atom stereocenters. The standard InChI is InChI=1S/C29H39N2O9P/c1-27(2,3)39-41(35,40-28(4,5)6)37-19-23-17-24(31-38-23)25(32)29(7,26(33)30-34)36-18-20-13-15-22(16-14-20)21-11-9-8-10-12-21/h8-17,25,32,34H,18-19H2,1-7H3,(H,30,33). The predicted octanol–water partition coefficient (Wildman–Crippen LogP) is 6.11. The van der Waals surface area contributed by atoms with Crippen LogP contribution < -0.4 is 5.48 Å². The highest BCUT2D eigenvalue weighted by Gasteiger charge is 2.45. The molecule has 0 aliphatic heterocycles. The Kier molecular flexibility index (Phi) is 10.3. The van der Waals surface area contributed by atoms with Gasteiger partial charge in [0.15, 0.2) is 11.4 Å². The molecule has 0 spiro atoms. The summed E-state index contributed by atoms with van der Waals surface area (Å²) < 4.78 is 41.1. The number of aliphatic hydroxyl groups is 1. The number of aliphatic hydroxyl groups excluding tert-OH is 1. The number of rotatable bonds is 12. The maximum Gasteiger partial charge on any atom is 0.476 e. The van der Waals surface area contributed by atoms with Gasteiger partial charge in [-0.1, -0.05) is 59.8 Å². The maximum absolute atomic E-state index is 13.3. The first-order chi connectivity index (χ1) is 19.0. The molecule has 3 aromatic rings. The molecular weight excluding hydrogens is 551 g/mol. The summed E-state index contributed by atoms with van der Waals surface area (Å²) in [7, 11) is -4.04. The average molecular weight is 591 g/mol. The van der Waals surface area contributed by atoms with Gasteiger partial charge in [-0.15, -0.1) is 0 Å². The quantitative estimate of drug-likeness (QED) is 0.128. The van der Waals surface area contributed by atoms with Gasteiger partial charge in [-0.05, 0) is 65.2 Å². The van der Waals surface area contributed by atoms with Gasteiger partial charge in [-0.3, -0.25) is 23.6 Å². The summed E-state index contributed by atoms with van der Waals surface area (Å²) in [4.78, 5) is 12.6. The van der Waals surface area contributed by atoms with Crippen molar-refractivity contribution < 1.29 is 42.5 Å². The zero-order chi connectivity index (χ0) is 30.5. The molecule has 2 atom stereocenters. The summed E-state index contributed by atoms with van der Waals surface area (Å²) in [6.45, 7) is 11.2. The number of aromatic nitrogens is 1. The molecule has 1 aromatic heterocycles. The zero-order valence-electron chi connectivity index (χ0n) is 24.4. The molecule has 41 heavy (non-hydrogen) atoms. The number of ether oxygens (including phenoxy) is 1. The Bertz CT molecular complexity index is 1310. The second-order valence-electron chi connectivity index (χ2n) is 11.6. The highest BCUT2D eigenvalue weighted by molar-refractivity contribution is 7.48. The first kappa shape index (κ1) is 32.6. The Labute approximate surface area is 240 Å². The molecule has 0 saturated carbocycles. The summed E-state index contributed by atoms with van der Waals surface area (Å²) in [5.74, 6) is -0.911. The monoisotopic (exact) mass is 590 g/mol. The topological polar surface area (TPSA) is 150 Å². The van der Waals surface area contributed by atoms with Crippen LogP contribution in [-0.4, -0.2) is 38.2 Å². The molecule has 2 aromatic carbocycles. The summed E-state index contributed by atoms with van der Waals surface area (Å²) >= 11 is 0. The lowest BCUT2D eigenvalue weighted by Crippen LogP contribution is -2.50. The van der Waals surface area contributed by atoms with E-state index >= 15 is 0 Å². The molecule has 3 rings (SSSR count). The van der Waals surface area contributed by atoms with E-state index in [9.17, 15) is 19.7 Å². The van der Waals surface area contributed by atoms with Crippen LogP contribution >= 0.6 is 7.82 Å². The second kappa shape index (κ2) is 13.0. The van der Waals surface area contributed by atoms with Crippen LogP contribution in [0.25, 0.3) is 11.1 Å². The van der Waals surface area contributed by atoms with Gasteiger partial charge in [0.25, 0.3) is 5.91 Å². The minimum absolute atomic E-state index is 0.0542. The third-order valence-corrected chi connectivity index (χ3v) is 7.66. The van der Waals surface area contributed by atoms with Crippen molar-refractivity contribution in [1.29, 1.82) is 0 Å². The third kappa shape index (κ3) is 9.31.